The molecule has 2 aromatic carbocycles. The van der Waals surface area contributed by atoms with Crippen LogP contribution in [0.5, 0.6) is 5.75 Å². The average molecular weight is 436 g/mol. The van der Waals surface area contributed by atoms with Gasteiger partial charge in [0.15, 0.2) is 0 Å². The summed E-state index contributed by atoms with van der Waals surface area (Å²) in [5.74, 6) is 2.73. The third kappa shape index (κ3) is 6.59. The molecule has 3 aromatic rings. The molecular weight excluding hydrogens is 398 g/mol. The van der Waals surface area contributed by atoms with Crippen LogP contribution in [0.3, 0.4) is 0 Å². The van der Waals surface area contributed by atoms with Crippen LogP contribution in [0.15, 0.2) is 48.5 Å². The van der Waals surface area contributed by atoms with E-state index in [0.29, 0.717) is 18.9 Å². The summed E-state index contributed by atoms with van der Waals surface area (Å²) in [5, 5.41) is 2.94. The Labute approximate surface area is 192 Å². The molecule has 0 aliphatic rings. The van der Waals surface area contributed by atoms with Crippen molar-refractivity contribution in [1.82, 2.24) is 14.9 Å². The van der Waals surface area contributed by atoms with Gasteiger partial charge in [-0.05, 0) is 55.0 Å². The number of hydrogen-bond acceptors (Lipinski definition) is 3. The molecule has 1 atom stereocenters. The molecule has 1 heterocycles. The predicted octanol–water partition coefficient (Wildman–Crippen LogP) is 5.87. The summed E-state index contributed by atoms with van der Waals surface area (Å²) in [7, 11) is 0. The minimum Gasteiger partial charge on any atom is -0.492 e. The summed E-state index contributed by atoms with van der Waals surface area (Å²) in [6.45, 7) is 8.49. The van der Waals surface area contributed by atoms with E-state index < -0.39 is 0 Å². The van der Waals surface area contributed by atoms with Gasteiger partial charge in [-0.25, -0.2) is 4.98 Å². The summed E-state index contributed by atoms with van der Waals surface area (Å²) < 4.78 is 8.35. The van der Waals surface area contributed by atoms with Crippen molar-refractivity contribution in [2.24, 2.45) is 0 Å². The molecule has 0 aliphatic heterocycles. The maximum absolute atomic E-state index is 11.3. The van der Waals surface area contributed by atoms with Gasteiger partial charge in [0, 0.05) is 19.4 Å². The number of fused-ring (bicyclic) bond motifs is 1. The van der Waals surface area contributed by atoms with Crippen molar-refractivity contribution >= 4 is 16.9 Å². The molecule has 5 heteroatoms. The van der Waals surface area contributed by atoms with Crippen molar-refractivity contribution in [2.75, 3.05) is 13.2 Å². The Balaban J connectivity index is 1.55. The SMILES string of the molecule is CCC(=O)NCCCCCc1nc2ccccc2n1CCOc1ccc(C(C)CC)cc1. The average Bonchev–Trinajstić information content (AvgIpc) is 3.18. The Bertz CT molecular complexity index is 978. The van der Waals surface area contributed by atoms with Gasteiger partial charge in [0.1, 0.15) is 18.2 Å². The molecule has 0 saturated carbocycles. The van der Waals surface area contributed by atoms with Gasteiger partial charge in [-0.1, -0.05) is 51.5 Å². The first-order valence-corrected chi connectivity index (χ1v) is 12.1. The van der Waals surface area contributed by atoms with Crippen LogP contribution in [-0.4, -0.2) is 28.6 Å². The van der Waals surface area contributed by atoms with Crippen molar-refractivity contribution in [3.05, 3.63) is 59.9 Å². The summed E-state index contributed by atoms with van der Waals surface area (Å²) in [6.07, 6.45) is 5.76. The normalized spacial score (nSPS) is 12.1. The van der Waals surface area contributed by atoms with E-state index >= 15 is 0 Å². The third-order valence-electron chi connectivity index (χ3n) is 6.10. The molecule has 0 fully saturated rings. The van der Waals surface area contributed by atoms with Crippen LogP contribution in [0.4, 0.5) is 0 Å². The Hall–Kier alpha value is -2.82. The molecule has 0 bridgehead atoms. The number of aryl methyl sites for hydroxylation is 1. The zero-order valence-electron chi connectivity index (χ0n) is 19.8. The number of ether oxygens (including phenoxy) is 1. The number of imidazole rings is 1. The van der Waals surface area contributed by atoms with Gasteiger partial charge in [-0.15, -0.1) is 0 Å². The lowest BCUT2D eigenvalue weighted by atomic mass is 9.99. The number of aromatic nitrogens is 2. The first-order valence-electron chi connectivity index (χ1n) is 12.1. The molecule has 1 N–H and O–H groups in total. The van der Waals surface area contributed by atoms with E-state index in [1.165, 1.54) is 5.56 Å². The number of amides is 1. The second-order valence-corrected chi connectivity index (χ2v) is 8.41. The molecule has 1 aromatic heterocycles. The standard InChI is InChI=1S/C27H37N3O2/c1-4-21(3)22-14-16-23(17-15-22)32-20-19-30-25-12-9-8-11-24(25)29-26(30)13-7-6-10-18-28-27(31)5-2/h8-9,11-12,14-17,21H,4-7,10,13,18-20H2,1-3H3,(H,28,31). The van der Waals surface area contributed by atoms with Gasteiger partial charge in [0.25, 0.3) is 0 Å². The monoisotopic (exact) mass is 435 g/mol. The number of rotatable bonds is 13. The minimum atomic E-state index is 0.126. The zero-order chi connectivity index (χ0) is 22.8. The maximum atomic E-state index is 11.3. The Morgan fingerprint density at radius 1 is 1.06 bits per heavy atom. The van der Waals surface area contributed by atoms with E-state index in [4.69, 9.17) is 9.72 Å². The van der Waals surface area contributed by atoms with Gasteiger partial charge in [0.05, 0.1) is 17.6 Å². The second kappa shape index (κ2) is 12.3. The molecule has 0 aliphatic carbocycles. The Morgan fingerprint density at radius 3 is 2.59 bits per heavy atom. The van der Waals surface area contributed by atoms with E-state index in [9.17, 15) is 4.79 Å². The Kier molecular flexibility index (Phi) is 9.14. The number of para-hydroxylation sites is 2. The van der Waals surface area contributed by atoms with E-state index in [0.717, 1.165) is 67.8 Å². The van der Waals surface area contributed by atoms with Crippen LogP contribution in [0.25, 0.3) is 11.0 Å². The Morgan fingerprint density at radius 2 is 1.84 bits per heavy atom. The van der Waals surface area contributed by atoms with Crippen molar-refractivity contribution < 1.29 is 9.53 Å². The van der Waals surface area contributed by atoms with Gasteiger partial charge in [0.2, 0.25) is 5.91 Å². The molecular formula is C27H37N3O2. The molecule has 1 unspecified atom stereocenters. The summed E-state index contributed by atoms with van der Waals surface area (Å²) in [6, 6.07) is 16.8. The maximum Gasteiger partial charge on any atom is 0.219 e. The lowest BCUT2D eigenvalue weighted by molar-refractivity contribution is -0.120. The highest BCUT2D eigenvalue weighted by Gasteiger charge is 2.11. The first-order chi connectivity index (χ1) is 15.6. The van der Waals surface area contributed by atoms with Crippen molar-refractivity contribution in [1.29, 1.82) is 0 Å². The zero-order valence-corrected chi connectivity index (χ0v) is 19.8. The van der Waals surface area contributed by atoms with Gasteiger partial charge in [-0.2, -0.15) is 0 Å². The first kappa shape index (κ1) is 23.8. The quantitative estimate of drug-likeness (QED) is 0.342. The van der Waals surface area contributed by atoms with Crippen LogP contribution < -0.4 is 10.1 Å². The second-order valence-electron chi connectivity index (χ2n) is 8.41. The van der Waals surface area contributed by atoms with Gasteiger partial charge in [-0.3, -0.25) is 4.79 Å². The molecule has 0 radical (unpaired) electrons. The number of carbonyl (C=O) groups excluding carboxylic acids is 1. The van der Waals surface area contributed by atoms with Crippen molar-refractivity contribution in [3.63, 3.8) is 0 Å². The van der Waals surface area contributed by atoms with E-state index in [2.05, 4.69) is 66.2 Å². The van der Waals surface area contributed by atoms with Crippen LogP contribution >= 0.6 is 0 Å². The van der Waals surface area contributed by atoms with E-state index in [1.54, 1.807) is 0 Å². The molecule has 0 spiro atoms. The number of nitrogens with one attached hydrogen (secondary N) is 1. The highest BCUT2D eigenvalue weighted by atomic mass is 16.5. The van der Waals surface area contributed by atoms with E-state index in [1.807, 2.05) is 13.0 Å². The largest absolute Gasteiger partial charge is 0.492 e. The van der Waals surface area contributed by atoms with Crippen LogP contribution in [0.2, 0.25) is 0 Å². The number of unbranched alkanes of at least 4 members (excludes halogenated alkanes) is 2. The molecule has 0 saturated heterocycles. The number of nitrogens with zero attached hydrogens (tertiary/aromatic N) is 2. The van der Waals surface area contributed by atoms with Crippen LogP contribution in [-0.2, 0) is 17.8 Å². The topological polar surface area (TPSA) is 56.2 Å². The van der Waals surface area contributed by atoms with Crippen LogP contribution in [0, 0.1) is 0 Å². The van der Waals surface area contributed by atoms with E-state index in [-0.39, 0.29) is 5.91 Å². The molecule has 3 rings (SSSR count). The molecule has 5 nitrogen and oxygen atoms in total. The van der Waals surface area contributed by atoms with Crippen LogP contribution in [0.1, 0.15) is 70.2 Å². The lowest BCUT2D eigenvalue weighted by Crippen LogP contribution is -2.23. The fourth-order valence-electron chi connectivity index (χ4n) is 3.89. The fourth-order valence-corrected chi connectivity index (χ4v) is 3.89. The molecule has 32 heavy (non-hydrogen) atoms. The lowest BCUT2D eigenvalue weighted by Gasteiger charge is -2.13. The number of benzene rings is 2. The predicted molar refractivity (Wildman–Crippen MR) is 131 cm³/mol. The number of hydrogen-bond donors (Lipinski definition) is 1. The fraction of sp³-hybridized carbons (Fsp3) is 0.481. The summed E-state index contributed by atoms with van der Waals surface area (Å²) >= 11 is 0. The van der Waals surface area contributed by atoms with Crippen molar-refractivity contribution in [3.8, 4) is 5.75 Å². The molecule has 1 amide bonds. The van der Waals surface area contributed by atoms with Gasteiger partial charge >= 0.3 is 0 Å². The molecule has 172 valence electrons. The van der Waals surface area contributed by atoms with Crippen molar-refractivity contribution in [2.45, 2.75) is 71.8 Å². The minimum absolute atomic E-state index is 0.126. The smallest absolute Gasteiger partial charge is 0.219 e. The summed E-state index contributed by atoms with van der Waals surface area (Å²) in [5.41, 5.74) is 3.56. The third-order valence-corrected chi connectivity index (χ3v) is 6.10. The van der Waals surface area contributed by atoms with Gasteiger partial charge < -0.3 is 14.6 Å². The summed E-state index contributed by atoms with van der Waals surface area (Å²) in [4.78, 5) is 16.2. The highest BCUT2D eigenvalue weighted by molar-refractivity contribution is 5.76. The number of carbonyl (C=O) groups is 1. The highest BCUT2D eigenvalue weighted by Crippen LogP contribution is 2.22.